The van der Waals surface area contributed by atoms with Crippen molar-refractivity contribution in [3.8, 4) is 0 Å². The minimum absolute atomic E-state index is 0.387. The fraction of sp³-hybridized carbons (Fsp3) is 0.500. The van der Waals surface area contributed by atoms with Gasteiger partial charge in [0.1, 0.15) is 0 Å². The van der Waals surface area contributed by atoms with Crippen LogP contribution in [0.5, 0.6) is 0 Å². The first kappa shape index (κ1) is 9.85. The van der Waals surface area contributed by atoms with Gasteiger partial charge in [0.25, 0.3) is 6.47 Å². The summed E-state index contributed by atoms with van der Waals surface area (Å²) in [5.74, 6) is 0. The fourth-order valence-corrected chi connectivity index (χ4v) is 2.12. The lowest BCUT2D eigenvalue weighted by Gasteiger charge is -1.95. The summed E-state index contributed by atoms with van der Waals surface area (Å²) in [6, 6.07) is 0. The first-order valence-corrected chi connectivity index (χ1v) is 5.59. The fourth-order valence-electron chi connectivity index (χ4n) is 0.722. The molecule has 66 valence electrons. The van der Waals surface area contributed by atoms with Gasteiger partial charge in [-0.15, -0.1) is 5.10 Å². The Kier molecular flexibility index (Phi) is 4.44. The lowest BCUT2D eigenvalue weighted by Crippen LogP contribution is -1.98. The molecule has 0 bridgehead atoms. The minimum atomic E-state index is 0.387. The summed E-state index contributed by atoms with van der Waals surface area (Å²) in [5.41, 5.74) is 0.941. The zero-order valence-electron chi connectivity index (χ0n) is 6.20. The topological polar surface area (TPSA) is 52.1 Å². The van der Waals surface area contributed by atoms with E-state index < -0.39 is 0 Å². The zero-order valence-corrected chi connectivity index (χ0v) is 9.17. The van der Waals surface area contributed by atoms with Crippen LogP contribution in [-0.4, -0.2) is 22.7 Å². The molecule has 0 spiro atoms. The monoisotopic (exact) mass is 298 g/mol. The molecule has 0 saturated heterocycles. The van der Waals surface area contributed by atoms with Gasteiger partial charge in [-0.3, -0.25) is 4.79 Å². The van der Waals surface area contributed by atoms with Crippen molar-refractivity contribution in [1.29, 1.82) is 0 Å². The van der Waals surface area contributed by atoms with Crippen molar-refractivity contribution in [3.05, 3.63) is 10.6 Å². The number of nitrogens with zero attached hydrogens (tertiary/aromatic N) is 2. The summed E-state index contributed by atoms with van der Waals surface area (Å²) in [7, 11) is 0. The maximum Gasteiger partial charge on any atom is 0.293 e. The highest BCUT2D eigenvalue weighted by atomic mass is 127. The van der Waals surface area contributed by atoms with Gasteiger partial charge in [-0.05, 0) is 11.5 Å². The van der Waals surface area contributed by atoms with E-state index in [1.807, 2.05) is 0 Å². The molecule has 0 fully saturated rings. The molecule has 1 aromatic rings. The Labute approximate surface area is 87.6 Å². The molecule has 12 heavy (non-hydrogen) atoms. The van der Waals surface area contributed by atoms with Crippen molar-refractivity contribution in [2.24, 2.45) is 0 Å². The van der Waals surface area contributed by atoms with Gasteiger partial charge in [0, 0.05) is 10.8 Å². The van der Waals surface area contributed by atoms with Crippen LogP contribution in [0.4, 0.5) is 0 Å². The number of halogens is 1. The van der Waals surface area contributed by atoms with Crippen LogP contribution >= 0.6 is 34.1 Å². The van der Waals surface area contributed by atoms with Gasteiger partial charge >= 0.3 is 0 Å². The summed E-state index contributed by atoms with van der Waals surface area (Å²) >= 11 is 3.65. The number of hydrogen-bond acceptors (Lipinski definition) is 5. The molecule has 0 aromatic carbocycles. The molecule has 0 N–H and O–H groups in total. The summed E-state index contributed by atoms with van der Waals surface area (Å²) in [6.07, 6.45) is 0.660. The second-order valence-corrected chi connectivity index (χ2v) is 3.59. The smallest absolute Gasteiger partial charge is 0.293 e. The second kappa shape index (κ2) is 5.41. The maximum absolute atomic E-state index is 9.83. The number of carbonyl (C=O) groups excluding carboxylic acids is 1. The van der Waals surface area contributed by atoms with Crippen molar-refractivity contribution in [1.82, 2.24) is 9.59 Å². The molecule has 0 aliphatic heterocycles. The van der Waals surface area contributed by atoms with Crippen LogP contribution in [0, 0.1) is 0 Å². The van der Waals surface area contributed by atoms with Crippen molar-refractivity contribution < 1.29 is 9.53 Å². The molecular weight excluding hydrogens is 291 g/mol. The van der Waals surface area contributed by atoms with E-state index in [-0.39, 0.29) is 0 Å². The van der Waals surface area contributed by atoms with Crippen LogP contribution in [0.15, 0.2) is 0 Å². The molecule has 0 unspecified atom stereocenters. The summed E-state index contributed by atoms with van der Waals surface area (Å²) in [6.45, 7) is 0.835. The number of aromatic nitrogens is 2. The molecule has 4 nitrogen and oxygen atoms in total. The van der Waals surface area contributed by atoms with Crippen LogP contribution in [0.2, 0.25) is 0 Å². The van der Waals surface area contributed by atoms with Gasteiger partial charge in [0.05, 0.1) is 17.2 Å². The molecule has 6 heteroatoms. The first-order chi connectivity index (χ1) is 5.88. The van der Waals surface area contributed by atoms with E-state index in [2.05, 4.69) is 36.9 Å². The summed E-state index contributed by atoms with van der Waals surface area (Å²) in [5, 5.41) is 3.93. The van der Waals surface area contributed by atoms with Crippen molar-refractivity contribution in [2.75, 3.05) is 6.61 Å². The SMILES string of the molecule is O=COCCc1nnsc1CI. The van der Waals surface area contributed by atoms with E-state index in [0.29, 0.717) is 19.5 Å². The largest absolute Gasteiger partial charge is 0.467 e. The molecule has 1 rings (SSSR count). The Hall–Kier alpha value is -0.240. The van der Waals surface area contributed by atoms with Crippen LogP contribution in [0.25, 0.3) is 0 Å². The molecule has 0 saturated carbocycles. The zero-order chi connectivity index (χ0) is 8.81. The van der Waals surface area contributed by atoms with E-state index in [9.17, 15) is 4.79 Å². The Morgan fingerprint density at radius 3 is 3.17 bits per heavy atom. The summed E-state index contributed by atoms with van der Waals surface area (Å²) < 4.78 is 9.28. The van der Waals surface area contributed by atoms with Crippen molar-refractivity contribution in [2.45, 2.75) is 10.8 Å². The van der Waals surface area contributed by atoms with Crippen LogP contribution in [0.1, 0.15) is 10.6 Å². The van der Waals surface area contributed by atoms with Gasteiger partial charge in [0.15, 0.2) is 0 Å². The quantitative estimate of drug-likeness (QED) is 0.355. The minimum Gasteiger partial charge on any atom is -0.467 e. The molecule has 0 amide bonds. The predicted molar refractivity (Wildman–Crippen MR) is 53.4 cm³/mol. The molecule has 0 atom stereocenters. The molecule has 1 heterocycles. The lowest BCUT2D eigenvalue weighted by molar-refractivity contribution is -0.128. The third kappa shape index (κ3) is 2.67. The van der Waals surface area contributed by atoms with E-state index >= 15 is 0 Å². The average Bonchev–Trinajstić information content (AvgIpc) is 2.52. The maximum atomic E-state index is 9.83. The van der Waals surface area contributed by atoms with Gasteiger partial charge in [-0.2, -0.15) is 0 Å². The van der Waals surface area contributed by atoms with Gasteiger partial charge in [0.2, 0.25) is 0 Å². The van der Waals surface area contributed by atoms with E-state index in [1.165, 1.54) is 11.5 Å². The lowest BCUT2D eigenvalue weighted by atomic mass is 10.3. The van der Waals surface area contributed by atoms with E-state index in [0.717, 1.165) is 15.0 Å². The van der Waals surface area contributed by atoms with Gasteiger partial charge in [-0.1, -0.05) is 27.1 Å². The molecule has 0 aliphatic carbocycles. The average molecular weight is 298 g/mol. The highest BCUT2D eigenvalue weighted by molar-refractivity contribution is 14.1. The van der Waals surface area contributed by atoms with Crippen LogP contribution in [0.3, 0.4) is 0 Å². The number of hydrogen-bond donors (Lipinski definition) is 0. The third-order valence-electron chi connectivity index (χ3n) is 1.28. The van der Waals surface area contributed by atoms with Crippen molar-refractivity contribution >= 4 is 40.6 Å². The number of ether oxygens (including phenoxy) is 1. The summed E-state index contributed by atoms with van der Waals surface area (Å²) in [4.78, 5) is 11.0. The Morgan fingerprint density at radius 1 is 1.67 bits per heavy atom. The van der Waals surface area contributed by atoms with Gasteiger partial charge in [-0.25, -0.2) is 0 Å². The molecule has 1 aromatic heterocycles. The molecule has 0 radical (unpaired) electrons. The predicted octanol–water partition coefficient (Wildman–Crippen LogP) is 1.19. The number of alkyl halides is 1. The van der Waals surface area contributed by atoms with E-state index in [1.54, 1.807) is 0 Å². The van der Waals surface area contributed by atoms with Crippen molar-refractivity contribution in [3.63, 3.8) is 0 Å². The molecule has 0 aliphatic rings. The number of carbonyl (C=O) groups is 1. The van der Waals surface area contributed by atoms with Gasteiger partial charge < -0.3 is 4.74 Å². The number of rotatable bonds is 5. The Bertz CT molecular complexity index is 253. The Morgan fingerprint density at radius 2 is 2.50 bits per heavy atom. The highest BCUT2D eigenvalue weighted by Gasteiger charge is 2.05. The molecular formula is C6H7IN2O2S. The standard InChI is InChI=1S/C6H7IN2O2S/c7-3-6-5(8-9-12-6)1-2-11-4-10/h4H,1-3H2. The normalized spacial score (nSPS) is 9.75. The third-order valence-corrected chi connectivity index (χ3v) is 3.32. The highest BCUT2D eigenvalue weighted by Crippen LogP contribution is 2.14. The second-order valence-electron chi connectivity index (χ2n) is 1.99. The van der Waals surface area contributed by atoms with E-state index in [4.69, 9.17) is 0 Å². The Balaban J connectivity index is 2.44. The first-order valence-electron chi connectivity index (χ1n) is 3.29. The van der Waals surface area contributed by atoms with Crippen LogP contribution < -0.4 is 0 Å². The van der Waals surface area contributed by atoms with Crippen LogP contribution in [-0.2, 0) is 20.4 Å².